The third-order valence-electron chi connectivity index (χ3n) is 5.16. The number of carbonyl (C=O) groups is 1. The Morgan fingerprint density at radius 3 is 2.48 bits per heavy atom. The first-order chi connectivity index (χ1) is 12.8. The van der Waals surface area contributed by atoms with Crippen LogP contribution in [0.2, 0.25) is 0 Å². The van der Waals surface area contributed by atoms with Crippen LogP contribution in [-0.2, 0) is 18.3 Å². The van der Waals surface area contributed by atoms with Gasteiger partial charge >= 0.3 is 0 Å². The minimum Gasteiger partial charge on any atom is -0.321 e. The number of aryl methyl sites for hydroxylation is 3. The van der Waals surface area contributed by atoms with Crippen LogP contribution in [0.15, 0.2) is 35.1 Å². The Morgan fingerprint density at radius 1 is 1.11 bits per heavy atom. The average molecular weight is 361 g/mol. The molecule has 0 aliphatic heterocycles. The molecular weight excluding hydrogens is 338 g/mol. The van der Waals surface area contributed by atoms with Gasteiger partial charge in [0.1, 0.15) is 11.4 Å². The third-order valence-corrected chi connectivity index (χ3v) is 5.16. The lowest BCUT2D eigenvalue weighted by molar-refractivity contribution is 0.102. The molecule has 2 N–H and O–H groups in total. The van der Waals surface area contributed by atoms with Gasteiger partial charge in [0.25, 0.3) is 11.5 Å². The van der Waals surface area contributed by atoms with E-state index < -0.39 is 11.5 Å². The maximum absolute atomic E-state index is 12.9. The van der Waals surface area contributed by atoms with Gasteiger partial charge in [0.2, 0.25) is 0 Å². The second kappa shape index (κ2) is 6.05. The van der Waals surface area contributed by atoms with Crippen LogP contribution in [0.25, 0.3) is 10.8 Å². The van der Waals surface area contributed by atoms with Gasteiger partial charge in [-0.15, -0.1) is 0 Å². The molecule has 0 unspecified atom stereocenters. The lowest BCUT2D eigenvalue weighted by Gasteiger charge is -2.18. The van der Waals surface area contributed by atoms with Gasteiger partial charge in [0.15, 0.2) is 0 Å². The van der Waals surface area contributed by atoms with E-state index in [9.17, 15) is 9.59 Å². The van der Waals surface area contributed by atoms with E-state index in [-0.39, 0.29) is 11.0 Å². The Labute approximate surface area is 157 Å². The summed E-state index contributed by atoms with van der Waals surface area (Å²) < 4.78 is 0. The van der Waals surface area contributed by atoms with E-state index in [1.165, 1.54) is 16.5 Å². The number of carbonyl (C=O) groups excluding carboxylic acids is 1. The summed E-state index contributed by atoms with van der Waals surface area (Å²) in [4.78, 5) is 32.7. The molecule has 2 aromatic carbocycles. The molecule has 0 atom stereocenters. The molecule has 1 aliphatic carbocycles. The lowest BCUT2D eigenvalue weighted by atomic mass is 9.95. The van der Waals surface area contributed by atoms with Crippen LogP contribution in [0.4, 0.5) is 5.69 Å². The summed E-state index contributed by atoms with van der Waals surface area (Å²) in [6, 6.07) is 10.1. The number of hydrogen-bond donors (Lipinski definition) is 2. The molecule has 0 saturated heterocycles. The van der Waals surface area contributed by atoms with E-state index in [4.69, 9.17) is 0 Å². The van der Waals surface area contributed by atoms with Gasteiger partial charge in [0.05, 0.1) is 5.69 Å². The topological polar surface area (TPSA) is 74.8 Å². The quantitative estimate of drug-likeness (QED) is 0.727. The Morgan fingerprint density at radius 2 is 1.81 bits per heavy atom. The van der Waals surface area contributed by atoms with Crippen molar-refractivity contribution in [3.05, 3.63) is 68.9 Å². The van der Waals surface area contributed by atoms with E-state index in [0.717, 1.165) is 23.9 Å². The van der Waals surface area contributed by atoms with Crippen LogP contribution >= 0.6 is 0 Å². The zero-order valence-electron chi connectivity index (χ0n) is 16.1. The molecule has 0 spiro atoms. The van der Waals surface area contributed by atoms with Crippen molar-refractivity contribution in [2.75, 3.05) is 5.32 Å². The highest BCUT2D eigenvalue weighted by molar-refractivity contribution is 6.10. The van der Waals surface area contributed by atoms with Gasteiger partial charge in [-0.2, -0.15) is 0 Å². The van der Waals surface area contributed by atoms with Crippen LogP contribution in [0, 0.1) is 6.92 Å². The molecule has 5 nitrogen and oxygen atoms in total. The van der Waals surface area contributed by atoms with E-state index in [2.05, 4.69) is 27.4 Å². The monoisotopic (exact) mass is 361 g/mol. The number of nitrogens with zero attached hydrogens (tertiary/aromatic N) is 1. The molecule has 1 aliphatic rings. The highest BCUT2D eigenvalue weighted by Gasteiger charge is 2.23. The van der Waals surface area contributed by atoms with Gasteiger partial charge in [-0.25, -0.2) is 4.98 Å². The number of rotatable bonds is 2. The SMILES string of the molecule is Cc1nc(C(C)(C)C)[nH]c(=O)c1C(=O)Nc1ccc2c3c(cccc13)CC2. The van der Waals surface area contributed by atoms with Crippen LogP contribution in [0.5, 0.6) is 0 Å². The number of anilines is 1. The number of aromatic amines is 1. The predicted octanol–water partition coefficient (Wildman–Crippen LogP) is 3.88. The van der Waals surface area contributed by atoms with Gasteiger partial charge < -0.3 is 10.3 Å². The van der Waals surface area contributed by atoms with Crippen molar-refractivity contribution in [1.82, 2.24) is 9.97 Å². The second-order valence-electron chi connectivity index (χ2n) is 8.19. The molecule has 0 bridgehead atoms. The van der Waals surface area contributed by atoms with Gasteiger partial charge in [-0.05, 0) is 42.3 Å². The molecule has 138 valence electrons. The smallest absolute Gasteiger partial charge is 0.264 e. The highest BCUT2D eigenvalue weighted by atomic mass is 16.2. The number of aromatic nitrogens is 2. The molecule has 0 fully saturated rings. The van der Waals surface area contributed by atoms with Gasteiger partial charge in [-0.3, -0.25) is 9.59 Å². The van der Waals surface area contributed by atoms with Crippen molar-refractivity contribution in [2.24, 2.45) is 0 Å². The fourth-order valence-corrected chi connectivity index (χ4v) is 3.75. The highest BCUT2D eigenvalue weighted by Crippen LogP contribution is 2.35. The largest absolute Gasteiger partial charge is 0.321 e. The van der Waals surface area contributed by atoms with Crippen molar-refractivity contribution < 1.29 is 4.79 Å². The zero-order valence-corrected chi connectivity index (χ0v) is 16.1. The summed E-state index contributed by atoms with van der Waals surface area (Å²) >= 11 is 0. The van der Waals surface area contributed by atoms with E-state index in [1.54, 1.807) is 6.92 Å². The summed E-state index contributed by atoms with van der Waals surface area (Å²) in [5, 5.41) is 5.17. The molecule has 4 rings (SSSR count). The minimum absolute atomic E-state index is 0.0613. The van der Waals surface area contributed by atoms with Crippen molar-refractivity contribution in [3.8, 4) is 0 Å². The van der Waals surface area contributed by atoms with E-state index in [0.29, 0.717) is 11.5 Å². The molecule has 0 saturated carbocycles. The third kappa shape index (κ3) is 2.93. The molecule has 1 amide bonds. The van der Waals surface area contributed by atoms with Crippen LogP contribution in [0.1, 0.15) is 53.8 Å². The summed E-state index contributed by atoms with van der Waals surface area (Å²) in [6.45, 7) is 7.61. The van der Waals surface area contributed by atoms with Gasteiger partial charge in [0, 0.05) is 16.5 Å². The molecule has 3 aromatic rings. The maximum atomic E-state index is 12.9. The predicted molar refractivity (Wildman–Crippen MR) is 108 cm³/mol. The maximum Gasteiger partial charge on any atom is 0.264 e. The van der Waals surface area contributed by atoms with Crippen molar-refractivity contribution in [1.29, 1.82) is 0 Å². The number of H-pyrrole nitrogens is 1. The molecular formula is C22H23N3O2. The summed E-state index contributed by atoms with van der Waals surface area (Å²) in [7, 11) is 0. The fraction of sp³-hybridized carbons (Fsp3) is 0.318. The first-order valence-corrected chi connectivity index (χ1v) is 9.22. The minimum atomic E-state index is -0.430. The zero-order chi connectivity index (χ0) is 19.3. The number of benzene rings is 2. The summed E-state index contributed by atoms with van der Waals surface area (Å²) in [6.07, 6.45) is 2.06. The van der Waals surface area contributed by atoms with Crippen molar-refractivity contribution in [3.63, 3.8) is 0 Å². The number of nitrogens with one attached hydrogen (secondary N) is 2. The standard InChI is InChI=1S/C22H23N3O2/c1-12-17(20(27)25-21(23-12)22(2,3)4)19(26)24-16-11-10-14-9-8-13-6-5-7-15(16)18(13)14/h5-7,10-11H,8-9H2,1-4H3,(H,24,26)(H,23,25,27). The van der Waals surface area contributed by atoms with Crippen molar-refractivity contribution >= 4 is 22.4 Å². The summed E-state index contributed by atoms with van der Waals surface area (Å²) in [5.74, 6) is 0.146. The Balaban J connectivity index is 1.74. The number of hydrogen-bond acceptors (Lipinski definition) is 3. The second-order valence-corrected chi connectivity index (χ2v) is 8.19. The molecule has 27 heavy (non-hydrogen) atoms. The van der Waals surface area contributed by atoms with Gasteiger partial charge in [-0.1, -0.05) is 45.0 Å². The Bertz CT molecular complexity index is 1130. The van der Waals surface area contributed by atoms with E-state index in [1.807, 2.05) is 39.0 Å². The normalized spacial score (nSPS) is 13.2. The molecule has 1 heterocycles. The van der Waals surface area contributed by atoms with Crippen LogP contribution in [-0.4, -0.2) is 15.9 Å². The summed E-state index contributed by atoms with van der Waals surface area (Å²) in [5.41, 5.74) is 3.14. The first-order valence-electron chi connectivity index (χ1n) is 9.22. The first kappa shape index (κ1) is 17.5. The molecule has 0 radical (unpaired) electrons. The van der Waals surface area contributed by atoms with Crippen LogP contribution < -0.4 is 10.9 Å². The van der Waals surface area contributed by atoms with E-state index >= 15 is 0 Å². The van der Waals surface area contributed by atoms with Crippen LogP contribution in [0.3, 0.4) is 0 Å². The Kier molecular flexibility index (Phi) is 3.91. The fourth-order valence-electron chi connectivity index (χ4n) is 3.75. The number of amides is 1. The Hall–Kier alpha value is -2.95. The molecule has 5 heteroatoms. The lowest BCUT2D eigenvalue weighted by Crippen LogP contribution is -2.30. The van der Waals surface area contributed by atoms with Crippen molar-refractivity contribution in [2.45, 2.75) is 46.0 Å². The molecule has 1 aromatic heterocycles. The average Bonchev–Trinajstić information content (AvgIpc) is 3.01.